The van der Waals surface area contributed by atoms with Crippen LogP contribution in [0.5, 0.6) is 5.75 Å². The number of benzene rings is 1. The third-order valence-corrected chi connectivity index (χ3v) is 3.20. The fourth-order valence-electron chi connectivity index (χ4n) is 2.04. The van der Waals surface area contributed by atoms with Crippen molar-refractivity contribution in [1.29, 1.82) is 0 Å². The van der Waals surface area contributed by atoms with E-state index < -0.39 is 0 Å². The molecule has 5 nitrogen and oxygen atoms in total. The van der Waals surface area contributed by atoms with E-state index in [4.69, 9.17) is 4.74 Å². The second-order valence-electron chi connectivity index (χ2n) is 6.35. The van der Waals surface area contributed by atoms with Crippen LogP contribution < -0.4 is 15.4 Å². The predicted molar refractivity (Wildman–Crippen MR) is 96.9 cm³/mol. The van der Waals surface area contributed by atoms with Crippen molar-refractivity contribution in [2.45, 2.75) is 33.8 Å². The number of carbonyl (C=O) groups excluding carboxylic acids is 1. The molecular formula is C19H25N3O2. The third kappa shape index (κ3) is 5.57. The van der Waals surface area contributed by atoms with Gasteiger partial charge in [0.2, 0.25) is 0 Å². The van der Waals surface area contributed by atoms with Crippen LogP contribution in [0, 0.1) is 5.92 Å². The Morgan fingerprint density at radius 2 is 1.79 bits per heavy atom. The average molecular weight is 327 g/mol. The minimum absolute atomic E-state index is 0.0991. The van der Waals surface area contributed by atoms with Gasteiger partial charge in [0.25, 0.3) is 5.91 Å². The smallest absolute Gasteiger partial charge is 0.252 e. The van der Waals surface area contributed by atoms with Crippen molar-refractivity contribution < 1.29 is 9.53 Å². The van der Waals surface area contributed by atoms with Crippen molar-refractivity contribution in [2.24, 2.45) is 5.92 Å². The second-order valence-corrected chi connectivity index (χ2v) is 6.35. The molecule has 1 aromatic carbocycles. The number of aromatic nitrogens is 1. The molecule has 1 amide bonds. The van der Waals surface area contributed by atoms with Crippen LogP contribution in [-0.4, -0.2) is 23.5 Å². The summed E-state index contributed by atoms with van der Waals surface area (Å²) in [6.45, 7) is 8.76. The quantitative estimate of drug-likeness (QED) is 0.807. The summed E-state index contributed by atoms with van der Waals surface area (Å²) in [6, 6.07) is 11.3. The lowest BCUT2D eigenvalue weighted by Crippen LogP contribution is -2.27. The Bertz CT molecular complexity index is 649. The fraction of sp³-hybridized carbons (Fsp3) is 0.368. The molecule has 0 spiro atoms. The standard InChI is InChI=1S/C19H25N3O2/c1-13(2)11-21-19(23)15-5-10-18(20-12-15)22-16-6-8-17(9-7-16)24-14(3)4/h5-10,12-14H,11H2,1-4H3,(H,20,22)(H,21,23). The molecule has 0 radical (unpaired) electrons. The minimum Gasteiger partial charge on any atom is -0.491 e. The van der Waals surface area contributed by atoms with E-state index in [0.717, 1.165) is 11.4 Å². The number of nitrogens with zero attached hydrogens (tertiary/aromatic N) is 1. The highest BCUT2D eigenvalue weighted by atomic mass is 16.5. The maximum atomic E-state index is 12.0. The molecule has 0 aliphatic carbocycles. The topological polar surface area (TPSA) is 63.2 Å². The van der Waals surface area contributed by atoms with Gasteiger partial charge in [-0.2, -0.15) is 0 Å². The van der Waals surface area contributed by atoms with E-state index in [1.54, 1.807) is 18.3 Å². The SMILES string of the molecule is CC(C)CNC(=O)c1ccc(Nc2ccc(OC(C)C)cc2)nc1. The zero-order valence-electron chi connectivity index (χ0n) is 14.7. The zero-order chi connectivity index (χ0) is 17.5. The highest BCUT2D eigenvalue weighted by Crippen LogP contribution is 2.19. The summed E-state index contributed by atoms with van der Waals surface area (Å²) >= 11 is 0. The molecule has 128 valence electrons. The molecule has 0 saturated heterocycles. The Morgan fingerprint density at radius 3 is 2.33 bits per heavy atom. The van der Waals surface area contributed by atoms with E-state index in [1.807, 2.05) is 38.1 Å². The summed E-state index contributed by atoms with van der Waals surface area (Å²) in [7, 11) is 0. The van der Waals surface area contributed by atoms with Crippen molar-refractivity contribution in [3.8, 4) is 5.75 Å². The van der Waals surface area contributed by atoms with Crippen LogP contribution in [0.4, 0.5) is 11.5 Å². The zero-order valence-corrected chi connectivity index (χ0v) is 14.7. The number of nitrogens with one attached hydrogen (secondary N) is 2. The van der Waals surface area contributed by atoms with E-state index in [-0.39, 0.29) is 12.0 Å². The van der Waals surface area contributed by atoms with Gasteiger partial charge in [-0.25, -0.2) is 4.98 Å². The van der Waals surface area contributed by atoms with Gasteiger partial charge in [0.05, 0.1) is 11.7 Å². The van der Waals surface area contributed by atoms with Crippen LogP contribution in [0.1, 0.15) is 38.1 Å². The lowest BCUT2D eigenvalue weighted by molar-refractivity contribution is 0.0948. The molecule has 5 heteroatoms. The number of amides is 1. The molecule has 0 saturated carbocycles. The van der Waals surface area contributed by atoms with Crippen LogP contribution in [0.15, 0.2) is 42.6 Å². The van der Waals surface area contributed by atoms with E-state index in [9.17, 15) is 4.79 Å². The Hall–Kier alpha value is -2.56. The highest BCUT2D eigenvalue weighted by Gasteiger charge is 2.07. The Morgan fingerprint density at radius 1 is 1.08 bits per heavy atom. The summed E-state index contributed by atoms with van der Waals surface area (Å²) in [5, 5.41) is 6.08. The summed E-state index contributed by atoms with van der Waals surface area (Å²) < 4.78 is 5.61. The lowest BCUT2D eigenvalue weighted by atomic mass is 10.2. The summed E-state index contributed by atoms with van der Waals surface area (Å²) in [5.41, 5.74) is 1.47. The fourth-order valence-corrected chi connectivity index (χ4v) is 2.04. The first-order valence-electron chi connectivity index (χ1n) is 8.22. The van der Waals surface area contributed by atoms with Gasteiger partial charge in [-0.05, 0) is 56.2 Å². The number of pyridine rings is 1. The molecule has 0 bridgehead atoms. The molecular weight excluding hydrogens is 302 g/mol. The Labute approximate surface area is 143 Å². The van der Waals surface area contributed by atoms with Gasteiger partial charge in [-0.3, -0.25) is 4.79 Å². The monoisotopic (exact) mass is 327 g/mol. The van der Waals surface area contributed by atoms with Crippen LogP contribution in [0.2, 0.25) is 0 Å². The largest absolute Gasteiger partial charge is 0.491 e. The molecule has 2 aromatic rings. The summed E-state index contributed by atoms with van der Waals surface area (Å²) in [4.78, 5) is 16.2. The molecule has 0 atom stereocenters. The first-order valence-corrected chi connectivity index (χ1v) is 8.22. The molecule has 1 aromatic heterocycles. The molecule has 2 N–H and O–H groups in total. The normalized spacial score (nSPS) is 10.8. The molecule has 0 unspecified atom stereocenters. The Kier molecular flexibility index (Phi) is 6.18. The molecule has 0 aliphatic rings. The van der Waals surface area contributed by atoms with Crippen LogP contribution in [-0.2, 0) is 0 Å². The van der Waals surface area contributed by atoms with Crippen LogP contribution in [0.3, 0.4) is 0 Å². The number of ether oxygens (including phenoxy) is 1. The van der Waals surface area contributed by atoms with Gasteiger partial charge in [-0.1, -0.05) is 13.8 Å². The molecule has 2 rings (SSSR count). The maximum Gasteiger partial charge on any atom is 0.252 e. The molecule has 1 heterocycles. The molecule has 0 aliphatic heterocycles. The number of hydrogen-bond donors (Lipinski definition) is 2. The number of carbonyl (C=O) groups is 1. The number of hydrogen-bond acceptors (Lipinski definition) is 4. The van der Waals surface area contributed by atoms with Gasteiger partial charge in [0, 0.05) is 18.4 Å². The second kappa shape index (κ2) is 8.34. The average Bonchev–Trinajstić information content (AvgIpc) is 2.54. The maximum absolute atomic E-state index is 12.0. The number of anilines is 2. The van der Waals surface area contributed by atoms with E-state index >= 15 is 0 Å². The van der Waals surface area contributed by atoms with E-state index in [1.165, 1.54) is 0 Å². The van der Waals surface area contributed by atoms with Gasteiger partial charge >= 0.3 is 0 Å². The molecule has 0 fully saturated rings. The van der Waals surface area contributed by atoms with E-state index in [2.05, 4.69) is 29.5 Å². The minimum atomic E-state index is -0.0991. The van der Waals surface area contributed by atoms with Crippen molar-refractivity contribution in [3.63, 3.8) is 0 Å². The van der Waals surface area contributed by atoms with E-state index in [0.29, 0.717) is 23.8 Å². The van der Waals surface area contributed by atoms with Crippen molar-refractivity contribution in [2.75, 3.05) is 11.9 Å². The lowest BCUT2D eigenvalue weighted by Gasteiger charge is -2.11. The van der Waals surface area contributed by atoms with Gasteiger partial charge < -0.3 is 15.4 Å². The van der Waals surface area contributed by atoms with Crippen LogP contribution in [0.25, 0.3) is 0 Å². The first-order chi connectivity index (χ1) is 11.4. The summed E-state index contributed by atoms with van der Waals surface area (Å²) in [6.07, 6.45) is 1.73. The number of rotatable bonds is 7. The van der Waals surface area contributed by atoms with Crippen molar-refractivity contribution in [1.82, 2.24) is 10.3 Å². The van der Waals surface area contributed by atoms with Crippen LogP contribution >= 0.6 is 0 Å². The van der Waals surface area contributed by atoms with Crippen molar-refractivity contribution >= 4 is 17.4 Å². The highest BCUT2D eigenvalue weighted by molar-refractivity contribution is 5.94. The molecule has 24 heavy (non-hydrogen) atoms. The van der Waals surface area contributed by atoms with Gasteiger partial charge in [0.1, 0.15) is 11.6 Å². The predicted octanol–water partition coefficient (Wildman–Crippen LogP) is 4.00. The van der Waals surface area contributed by atoms with Gasteiger partial charge in [0.15, 0.2) is 0 Å². The third-order valence-electron chi connectivity index (χ3n) is 3.20. The van der Waals surface area contributed by atoms with Crippen molar-refractivity contribution in [3.05, 3.63) is 48.2 Å². The summed E-state index contributed by atoms with van der Waals surface area (Å²) in [5.74, 6) is 1.84. The van der Waals surface area contributed by atoms with Gasteiger partial charge in [-0.15, -0.1) is 0 Å². The first kappa shape index (κ1) is 17.8. The Balaban J connectivity index is 1.95.